The molecule has 2 rings (SSSR count). The molecule has 1 aliphatic rings. The lowest BCUT2D eigenvalue weighted by atomic mass is 10.0. The fourth-order valence-electron chi connectivity index (χ4n) is 1.96. The van der Waals surface area contributed by atoms with Crippen molar-refractivity contribution in [2.75, 3.05) is 6.54 Å². The molecule has 98 valence electrons. The van der Waals surface area contributed by atoms with Crippen molar-refractivity contribution in [2.24, 2.45) is 0 Å². The predicted octanol–water partition coefficient (Wildman–Crippen LogP) is 1.61. The van der Waals surface area contributed by atoms with Gasteiger partial charge >= 0.3 is 6.09 Å². The summed E-state index contributed by atoms with van der Waals surface area (Å²) in [6, 6.07) is 1.81. The smallest absolute Gasteiger partial charge is 0.410 e. The first kappa shape index (κ1) is 12.7. The van der Waals surface area contributed by atoms with Crippen molar-refractivity contribution in [3.63, 3.8) is 0 Å². The fourth-order valence-corrected chi connectivity index (χ4v) is 1.96. The number of carbonyl (C=O) groups excluding carboxylic acids is 1. The maximum Gasteiger partial charge on any atom is 0.410 e. The maximum atomic E-state index is 11.9. The minimum Gasteiger partial charge on any atom is -0.619 e. The molecule has 0 aromatic carbocycles. The summed E-state index contributed by atoms with van der Waals surface area (Å²) in [5.74, 6) is 0. The highest BCUT2D eigenvalue weighted by Gasteiger charge is 2.26. The number of hydrogen-bond donors (Lipinski definition) is 0. The second-order valence-corrected chi connectivity index (χ2v) is 5.51. The van der Waals surface area contributed by atoms with E-state index in [4.69, 9.17) is 4.74 Å². The predicted molar refractivity (Wildman–Crippen MR) is 65.8 cm³/mol. The van der Waals surface area contributed by atoms with E-state index in [0.29, 0.717) is 13.1 Å². The largest absolute Gasteiger partial charge is 0.619 e. The molecule has 5 nitrogen and oxygen atoms in total. The van der Waals surface area contributed by atoms with Gasteiger partial charge in [-0.15, -0.1) is 0 Å². The van der Waals surface area contributed by atoms with E-state index < -0.39 is 5.60 Å². The standard InChI is InChI=1S/C13H18N2O3/c1-13(2,3)18-12(16)14-6-4-10-5-7-15(17)9-11(10)8-14/h5,7,9H,4,6,8H2,1-3H3. The van der Waals surface area contributed by atoms with Crippen molar-refractivity contribution < 1.29 is 14.3 Å². The number of carbonyl (C=O) groups is 1. The second-order valence-electron chi connectivity index (χ2n) is 5.51. The second kappa shape index (κ2) is 4.48. The Morgan fingerprint density at radius 1 is 1.44 bits per heavy atom. The number of fused-ring (bicyclic) bond motifs is 1. The van der Waals surface area contributed by atoms with Crippen LogP contribution in [0.1, 0.15) is 31.9 Å². The SMILES string of the molecule is CC(C)(C)OC(=O)N1CCc2cc[n+]([O-])cc2C1. The summed E-state index contributed by atoms with van der Waals surface area (Å²) in [4.78, 5) is 13.6. The molecule has 0 spiro atoms. The molecule has 0 radical (unpaired) electrons. The molecule has 0 fully saturated rings. The minimum atomic E-state index is -0.494. The van der Waals surface area contributed by atoms with E-state index in [9.17, 15) is 10.0 Å². The Morgan fingerprint density at radius 3 is 2.83 bits per heavy atom. The summed E-state index contributed by atoms with van der Waals surface area (Å²) in [5, 5.41) is 11.2. The van der Waals surface area contributed by atoms with Crippen LogP contribution < -0.4 is 4.73 Å². The van der Waals surface area contributed by atoms with Crippen molar-refractivity contribution in [2.45, 2.75) is 39.3 Å². The Hall–Kier alpha value is -1.78. The van der Waals surface area contributed by atoms with E-state index in [-0.39, 0.29) is 6.09 Å². The average molecular weight is 250 g/mol. The van der Waals surface area contributed by atoms with Crippen LogP contribution in [0.3, 0.4) is 0 Å². The van der Waals surface area contributed by atoms with E-state index in [1.165, 1.54) is 12.4 Å². The molecule has 0 aliphatic carbocycles. The molecule has 0 saturated heterocycles. The minimum absolute atomic E-state index is 0.325. The van der Waals surface area contributed by atoms with Crippen LogP contribution in [0.25, 0.3) is 0 Å². The van der Waals surface area contributed by atoms with Gasteiger partial charge in [-0.1, -0.05) is 0 Å². The average Bonchev–Trinajstić information content (AvgIpc) is 2.25. The molecular formula is C13H18N2O3. The third kappa shape index (κ3) is 2.91. The first-order valence-electron chi connectivity index (χ1n) is 6.04. The van der Waals surface area contributed by atoms with Gasteiger partial charge in [0.25, 0.3) is 0 Å². The van der Waals surface area contributed by atoms with Gasteiger partial charge in [-0.25, -0.2) is 4.79 Å². The third-order valence-electron chi connectivity index (χ3n) is 2.78. The van der Waals surface area contributed by atoms with Crippen LogP contribution in [0.4, 0.5) is 4.79 Å². The van der Waals surface area contributed by atoms with Crippen LogP contribution in [-0.4, -0.2) is 23.1 Å². The van der Waals surface area contributed by atoms with E-state index >= 15 is 0 Å². The normalized spacial score (nSPS) is 15.2. The highest BCUT2D eigenvalue weighted by Crippen LogP contribution is 2.19. The lowest BCUT2D eigenvalue weighted by molar-refractivity contribution is -0.606. The van der Waals surface area contributed by atoms with Gasteiger partial charge < -0.3 is 14.8 Å². The molecule has 1 aliphatic heterocycles. The number of aromatic nitrogens is 1. The summed E-state index contributed by atoms with van der Waals surface area (Å²) in [6.45, 7) is 6.59. The Kier molecular flexibility index (Phi) is 3.15. The maximum absolute atomic E-state index is 11.9. The third-order valence-corrected chi connectivity index (χ3v) is 2.78. The molecule has 1 amide bonds. The molecule has 1 aromatic rings. The van der Waals surface area contributed by atoms with Crippen molar-refractivity contribution in [3.8, 4) is 0 Å². The fraction of sp³-hybridized carbons (Fsp3) is 0.538. The van der Waals surface area contributed by atoms with Crippen molar-refractivity contribution in [1.29, 1.82) is 0 Å². The Morgan fingerprint density at radius 2 is 2.17 bits per heavy atom. The zero-order valence-corrected chi connectivity index (χ0v) is 11.0. The van der Waals surface area contributed by atoms with Gasteiger partial charge in [0.15, 0.2) is 12.4 Å². The molecule has 18 heavy (non-hydrogen) atoms. The van der Waals surface area contributed by atoms with Gasteiger partial charge in [-0.2, -0.15) is 4.73 Å². The lowest BCUT2D eigenvalue weighted by Crippen LogP contribution is -2.41. The summed E-state index contributed by atoms with van der Waals surface area (Å²) in [7, 11) is 0. The number of amides is 1. The van der Waals surface area contributed by atoms with E-state index in [2.05, 4.69) is 0 Å². The number of nitrogens with zero attached hydrogens (tertiary/aromatic N) is 2. The summed E-state index contributed by atoms with van der Waals surface area (Å²) in [6.07, 6.45) is 3.44. The van der Waals surface area contributed by atoms with Crippen LogP contribution in [0.15, 0.2) is 18.5 Å². The van der Waals surface area contributed by atoms with Crippen molar-refractivity contribution in [3.05, 3.63) is 34.8 Å². The van der Waals surface area contributed by atoms with Crippen LogP contribution in [0, 0.1) is 5.21 Å². The van der Waals surface area contributed by atoms with Crippen molar-refractivity contribution in [1.82, 2.24) is 4.90 Å². The van der Waals surface area contributed by atoms with Gasteiger partial charge in [0.05, 0.1) is 6.54 Å². The van der Waals surface area contributed by atoms with Gasteiger partial charge in [0.1, 0.15) is 5.60 Å². The summed E-state index contributed by atoms with van der Waals surface area (Å²) in [5.41, 5.74) is 1.53. The Labute approximate surface area is 107 Å². The summed E-state index contributed by atoms with van der Waals surface area (Å²) >= 11 is 0. The van der Waals surface area contributed by atoms with Gasteiger partial charge in [-0.05, 0) is 32.8 Å². The van der Waals surface area contributed by atoms with Crippen LogP contribution >= 0.6 is 0 Å². The van der Waals surface area contributed by atoms with E-state index in [1.807, 2.05) is 26.8 Å². The molecule has 0 bridgehead atoms. The topological polar surface area (TPSA) is 56.5 Å². The lowest BCUT2D eigenvalue weighted by Gasteiger charge is -2.30. The van der Waals surface area contributed by atoms with Crippen molar-refractivity contribution >= 4 is 6.09 Å². The molecule has 0 N–H and O–H groups in total. The molecular weight excluding hydrogens is 232 g/mol. The summed E-state index contributed by atoms with van der Waals surface area (Å²) < 4.78 is 6.09. The highest BCUT2D eigenvalue weighted by molar-refractivity contribution is 5.68. The molecule has 0 unspecified atom stereocenters. The molecule has 0 saturated carbocycles. The first-order valence-corrected chi connectivity index (χ1v) is 6.04. The van der Waals surface area contributed by atoms with Crippen LogP contribution in [0.5, 0.6) is 0 Å². The first-order chi connectivity index (χ1) is 8.35. The molecule has 1 aromatic heterocycles. The Balaban J connectivity index is 2.09. The number of pyridine rings is 1. The quantitative estimate of drug-likeness (QED) is 0.519. The van der Waals surface area contributed by atoms with Gasteiger partial charge in [-0.3, -0.25) is 0 Å². The molecule has 0 atom stereocenters. The monoisotopic (exact) mass is 250 g/mol. The van der Waals surface area contributed by atoms with Crippen LogP contribution in [0.2, 0.25) is 0 Å². The zero-order valence-electron chi connectivity index (χ0n) is 11.0. The van der Waals surface area contributed by atoms with E-state index in [1.54, 1.807) is 4.90 Å². The Bertz CT molecular complexity index is 466. The zero-order chi connectivity index (χ0) is 13.3. The van der Waals surface area contributed by atoms with Crippen LogP contribution in [-0.2, 0) is 17.7 Å². The number of rotatable bonds is 0. The number of ether oxygens (including phenoxy) is 1. The molecule has 5 heteroatoms. The number of hydrogen-bond acceptors (Lipinski definition) is 3. The van der Waals surface area contributed by atoms with E-state index in [0.717, 1.165) is 22.3 Å². The molecule has 2 heterocycles. The van der Waals surface area contributed by atoms with Gasteiger partial charge in [0.2, 0.25) is 0 Å². The highest BCUT2D eigenvalue weighted by atomic mass is 16.6. The van der Waals surface area contributed by atoms with Gasteiger partial charge in [0, 0.05) is 18.2 Å².